The van der Waals surface area contributed by atoms with Crippen molar-refractivity contribution in [3.05, 3.63) is 0 Å². The lowest BCUT2D eigenvalue weighted by molar-refractivity contribution is -0.142. The van der Waals surface area contributed by atoms with E-state index in [2.05, 4.69) is 26.3 Å². The largest absolute Gasteiger partial charge is 0.481 e. The molecule has 10 atom stereocenters. The monoisotopic (exact) mass is 942 g/mol. The first kappa shape index (κ1) is 60.1. The molecule has 0 fully saturated rings. The fourth-order valence-electron chi connectivity index (χ4n) is 7.41. The lowest BCUT2D eigenvalue weighted by Crippen LogP contribution is -2.51. The lowest BCUT2D eigenvalue weighted by Gasteiger charge is -2.32. The van der Waals surface area contributed by atoms with E-state index < -0.39 is 133 Å². The SMILES string of the molecule is CCSC(=O)[C@H](CC(=O)NC)CC(=O)[C@H](CCCN=C(N)N)NC(=O)[C@@H](CC(=O)[C@H](CCC(=O)O)NC(=O)[C@H](CC(=O)O)CC(C)[C@@H](NC(=O)[C@@H](CC(C)=O)C(C)CC)C(C)O)C(C)C. The molecule has 0 saturated carbocycles. The number of hydrogen-bond donors (Lipinski definition) is 9. The molecule has 65 heavy (non-hydrogen) atoms. The Hall–Kier alpha value is -4.92. The van der Waals surface area contributed by atoms with Gasteiger partial charge in [0.15, 0.2) is 22.6 Å². The summed E-state index contributed by atoms with van der Waals surface area (Å²) in [7, 11) is 1.40. The summed E-state index contributed by atoms with van der Waals surface area (Å²) in [6.45, 7) is 13.2. The number of nitrogens with zero attached hydrogens (tertiary/aromatic N) is 1. The van der Waals surface area contributed by atoms with Gasteiger partial charge in [0.25, 0.3) is 0 Å². The molecule has 20 nitrogen and oxygen atoms in total. The van der Waals surface area contributed by atoms with E-state index in [4.69, 9.17) is 11.5 Å². The second-order valence-electron chi connectivity index (χ2n) is 17.2. The third-order valence-electron chi connectivity index (χ3n) is 11.4. The minimum Gasteiger partial charge on any atom is -0.481 e. The average molecular weight is 942 g/mol. The molecule has 4 amide bonds. The summed E-state index contributed by atoms with van der Waals surface area (Å²) in [5, 5.41) is 40.1. The van der Waals surface area contributed by atoms with Crippen LogP contribution in [0.2, 0.25) is 0 Å². The van der Waals surface area contributed by atoms with Gasteiger partial charge in [-0.25, -0.2) is 0 Å². The molecule has 0 saturated heterocycles. The number of carbonyl (C=O) groups is 10. The fraction of sp³-hybridized carbons (Fsp3) is 0.750. The zero-order valence-corrected chi connectivity index (χ0v) is 40.3. The summed E-state index contributed by atoms with van der Waals surface area (Å²) < 4.78 is 0. The Labute approximate surface area is 386 Å². The second-order valence-corrected chi connectivity index (χ2v) is 18.5. The van der Waals surface area contributed by atoms with Gasteiger partial charge in [-0.1, -0.05) is 59.7 Å². The van der Waals surface area contributed by atoms with Gasteiger partial charge in [-0.3, -0.25) is 48.1 Å². The highest BCUT2D eigenvalue weighted by atomic mass is 32.2. The third-order valence-corrected chi connectivity index (χ3v) is 12.3. The first-order valence-electron chi connectivity index (χ1n) is 22.3. The quantitative estimate of drug-likeness (QED) is 0.0252. The molecule has 3 unspecified atom stereocenters. The summed E-state index contributed by atoms with van der Waals surface area (Å²) in [4.78, 5) is 134. The Morgan fingerprint density at radius 1 is 0.677 bits per heavy atom. The van der Waals surface area contributed by atoms with Crippen molar-refractivity contribution < 1.29 is 63.3 Å². The van der Waals surface area contributed by atoms with Crippen LogP contribution in [0.15, 0.2) is 4.99 Å². The van der Waals surface area contributed by atoms with Crippen LogP contribution in [0.3, 0.4) is 0 Å². The van der Waals surface area contributed by atoms with Crippen molar-refractivity contribution in [3.8, 4) is 0 Å². The van der Waals surface area contributed by atoms with Gasteiger partial charge < -0.3 is 52.8 Å². The molecular weight excluding hydrogens is 867 g/mol. The summed E-state index contributed by atoms with van der Waals surface area (Å²) in [6, 6.07) is -3.65. The summed E-state index contributed by atoms with van der Waals surface area (Å²) in [5.74, 6) is -12.1. The number of aliphatic carboxylic acids is 2. The zero-order chi connectivity index (χ0) is 50.1. The molecule has 0 aliphatic carbocycles. The number of carboxylic acids is 2. The highest BCUT2D eigenvalue weighted by Crippen LogP contribution is 2.26. The van der Waals surface area contributed by atoms with Crippen molar-refractivity contribution in [2.45, 2.75) is 150 Å². The highest BCUT2D eigenvalue weighted by Gasteiger charge is 2.37. The number of aliphatic hydroxyl groups is 1. The van der Waals surface area contributed by atoms with Gasteiger partial charge in [0.2, 0.25) is 23.6 Å². The first-order chi connectivity index (χ1) is 30.3. The third kappa shape index (κ3) is 23.7. The minimum absolute atomic E-state index is 0.0268. The summed E-state index contributed by atoms with van der Waals surface area (Å²) >= 11 is 0.956. The Morgan fingerprint density at radius 2 is 1.25 bits per heavy atom. The molecule has 370 valence electrons. The first-order valence-corrected chi connectivity index (χ1v) is 23.3. The van der Waals surface area contributed by atoms with Gasteiger partial charge in [0.1, 0.15) is 5.78 Å². The van der Waals surface area contributed by atoms with Crippen molar-refractivity contribution in [1.29, 1.82) is 0 Å². The number of carboxylic acid groups (broad SMARTS) is 2. The maximum absolute atomic E-state index is 14.0. The maximum Gasteiger partial charge on any atom is 0.304 e. The molecule has 0 spiro atoms. The van der Waals surface area contributed by atoms with E-state index in [9.17, 15) is 63.3 Å². The average Bonchev–Trinajstić information content (AvgIpc) is 3.21. The lowest BCUT2D eigenvalue weighted by atomic mass is 9.83. The number of carbonyl (C=O) groups excluding carboxylic acids is 8. The molecule has 0 aromatic carbocycles. The molecule has 0 bridgehead atoms. The number of aliphatic hydroxyl groups excluding tert-OH is 1. The molecule has 0 radical (unpaired) electrons. The van der Waals surface area contributed by atoms with Crippen LogP contribution >= 0.6 is 11.8 Å². The number of guanidine groups is 1. The highest BCUT2D eigenvalue weighted by molar-refractivity contribution is 8.13. The van der Waals surface area contributed by atoms with Gasteiger partial charge in [0.05, 0.1) is 30.7 Å². The van der Waals surface area contributed by atoms with Gasteiger partial charge in [0, 0.05) is 69.4 Å². The van der Waals surface area contributed by atoms with Crippen LogP contribution in [0.4, 0.5) is 0 Å². The van der Waals surface area contributed by atoms with Crippen molar-refractivity contribution in [2.24, 2.45) is 57.9 Å². The number of hydrogen-bond acceptors (Lipinski definition) is 13. The topological polar surface area (TPSA) is 344 Å². The standard InChI is InChI=1S/C44H75N7O13S/c1-10-24(5)31(18-26(7)52)42(63)51-39(27(8)53)25(6)17-28(21-38(59)60)40(61)49-33(14-15-37(57)58)35(55)22-30(23(3)4)41(62)50-32(13-12-16-48-44(45)46)34(54)19-29(20-36(56)47-9)43(64)65-11-2/h23-25,27-33,39,53H,10-22H2,1-9H3,(H,47,56)(H,49,61)(H,50,62)(H,51,63)(H,57,58)(H,59,60)(H4,45,46,48)/t24?,25?,27?,28-,29-,30-,31-,32-,33-,39+/m0/s1. The Balaban J connectivity index is 6.62. The molecular formula is C44H75N7O13S. The number of nitrogens with two attached hydrogens (primary N) is 2. The predicted molar refractivity (Wildman–Crippen MR) is 245 cm³/mol. The van der Waals surface area contributed by atoms with Gasteiger partial charge in [-0.2, -0.15) is 0 Å². The number of ketones is 3. The molecule has 0 aromatic heterocycles. The van der Waals surface area contributed by atoms with Gasteiger partial charge in [-0.15, -0.1) is 0 Å². The number of amides is 4. The maximum atomic E-state index is 14.0. The number of thioether (sulfide) groups is 1. The summed E-state index contributed by atoms with van der Waals surface area (Å²) in [5.41, 5.74) is 10.9. The number of nitrogens with one attached hydrogen (secondary N) is 4. The van der Waals surface area contributed by atoms with Gasteiger partial charge >= 0.3 is 11.9 Å². The van der Waals surface area contributed by atoms with Crippen molar-refractivity contribution in [3.63, 3.8) is 0 Å². The minimum atomic E-state index is -1.49. The zero-order valence-electron chi connectivity index (χ0n) is 39.5. The smallest absolute Gasteiger partial charge is 0.304 e. The Morgan fingerprint density at radius 3 is 1.74 bits per heavy atom. The van der Waals surface area contributed by atoms with E-state index in [-0.39, 0.29) is 67.8 Å². The van der Waals surface area contributed by atoms with Crippen LogP contribution in [-0.2, 0) is 47.9 Å². The summed E-state index contributed by atoms with van der Waals surface area (Å²) in [6.07, 6.45) is -3.43. The molecule has 0 rings (SSSR count). The molecule has 0 heterocycles. The predicted octanol–water partition coefficient (Wildman–Crippen LogP) is 1.72. The van der Waals surface area contributed by atoms with Crippen LogP contribution < -0.4 is 32.7 Å². The van der Waals surface area contributed by atoms with E-state index in [1.54, 1.807) is 27.7 Å². The molecule has 0 aromatic rings. The van der Waals surface area contributed by atoms with Crippen molar-refractivity contribution in [1.82, 2.24) is 21.3 Å². The van der Waals surface area contributed by atoms with E-state index in [1.807, 2.05) is 13.8 Å². The van der Waals surface area contributed by atoms with E-state index in [0.29, 0.717) is 12.2 Å². The van der Waals surface area contributed by atoms with Crippen LogP contribution in [0, 0.1) is 41.4 Å². The molecule has 11 N–H and O–H groups in total. The van der Waals surface area contributed by atoms with E-state index in [1.165, 1.54) is 20.9 Å². The van der Waals surface area contributed by atoms with Crippen LogP contribution in [0.1, 0.15) is 126 Å². The van der Waals surface area contributed by atoms with Gasteiger partial charge in [-0.05, 0) is 63.0 Å². The molecule has 21 heteroatoms. The van der Waals surface area contributed by atoms with Crippen LogP contribution in [0.5, 0.6) is 0 Å². The fourth-order valence-corrected chi connectivity index (χ4v) is 8.10. The van der Waals surface area contributed by atoms with Crippen LogP contribution in [-0.4, -0.2) is 123 Å². The molecule has 0 aliphatic heterocycles. The normalized spacial score (nSPS) is 15.9. The number of aliphatic imine (C=N–C) groups is 1. The molecule has 0 aliphatic rings. The van der Waals surface area contributed by atoms with E-state index >= 15 is 0 Å². The van der Waals surface area contributed by atoms with Crippen molar-refractivity contribution in [2.75, 3.05) is 19.3 Å². The second kappa shape index (κ2) is 31.1. The Bertz CT molecular complexity index is 1670. The number of rotatable bonds is 34. The Kier molecular flexibility index (Phi) is 28.7. The van der Waals surface area contributed by atoms with E-state index in [0.717, 1.165) is 11.8 Å². The number of Topliss-reactive ketones (excluding diaryl/α,β-unsaturated/α-hetero) is 3. The van der Waals surface area contributed by atoms with Crippen molar-refractivity contribution >= 4 is 75.8 Å². The van der Waals surface area contributed by atoms with Crippen LogP contribution in [0.25, 0.3) is 0 Å².